The van der Waals surface area contributed by atoms with Gasteiger partial charge in [-0.3, -0.25) is 4.79 Å². The van der Waals surface area contributed by atoms with E-state index in [1.807, 2.05) is 13.0 Å². The van der Waals surface area contributed by atoms with Crippen LogP contribution in [0.25, 0.3) is 0 Å². The van der Waals surface area contributed by atoms with Crippen molar-refractivity contribution in [3.8, 4) is 0 Å². The molecule has 148 valence electrons. The summed E-state index contributed by atoms with van der Waals surface area (Å²) in [4.78, 5) is 24.6. The van der Waals surface area contributed by atoms with Gasteiger partial charge in [-0.05, 0) is 67.9 Å². The van der Waals surface area contributed by atoms with E-state index in [0.29, 0.717) is 17.9 Å². The number of allylic oxidation sites excluding steroid dienone is 1. The largest absolute Gasteiger partial charge is 0.493 e. The van der Waals surface area contributed by atoms with Crippen molar-refractivity contribution in [2.45, 2.75) is 84.8 Å². The van der Waals surface area contributed by atoms with Gasteiger partial charge in [-0.15, -0.1) is 0 Å². The number of hydrogen-bond donors (Lipinski definition) is 0. The summed E-state index contributed by atoms with van der Waals surface area (Å²) < 4.78 is 11.8. The number of fused-ring (bicyclic) bond motifs is 3. The van der Waals surface area contributed by atoms with E-state index in [2.05, 4.69) is 27.7 Å². The summed E-state index contributed by atoms with van der Waals surface area (Å²) in [7, 11) is 0. The lowest BCUT2D eigenvalue weighted by Crippen LogP contribution is -2.56. The van der Waals surface area contributed by atoms with Crippen molar-refractivity contribution in [1.29, 1.82) is 0 Å². The van der Waals surface area contributed by atoms with Crippen LogP contribution in [-0.4, -0.2) is 23.5 Å². The maximum Gasteiger partial charge on any atom is 0.338 e. The summed E-state index contributed by atoms with van der Waals surface area (Å²) in [6, 6.07) is 0. The second-order valence-corrected chi connectivity index (χ2v) is 10.3. The van der Waals surface area contributed by atoms with Crippen molar-refractivity contribution in [1.82, 2.24) is 0 Å². The monoisotopic (exact) mass is 372 g/mol. The van der Waals surface area contributed by atoms with Crippen LogP contribution < -0.4 is 0 Å². The van der Waals surface area contributed by atoms with Crippen LogP contribution in [0.5, 0.6) is 0 Å². The molecule has 27 heavy (non-hydrogen) atoms. The van der Waals surface area contributed by atoms with E-state index < -0.39 is 5.60 Å². The smallest absolute Gasteiger partial charge is 0.338 e. The van der Waals surface area contributed by atoms with Crippen molar-refractivity contribution >= 4 is 11.8 Å². The molecule has 1 heterocycles. The average molecular weight is 373 g/mol. The number of carbonyl (C=O) groups is 2. The maximum absolute atomic E-state index is 12.8. The number of esters is 1. The second kappa shape index (κ2) is 5.96. The molecular formula is C23H32O4. The van der Waals surface area contributed by atoms with Gasteiger partial charge in [-0.2, -0.15) is 0 Å². The fourth-order valence-electron chi connectivity index (χ4n) is 6.83. The molecule has 0 aromatic carbocycles. The Bertz CT molecular complexity index is 745. The molecule has 3 fully saturated rings. The van der Waals surface area contributed by atoms with Gasteiger partial charge in [-0.25, -0.2) is 4.79 Å². The number of ether oxygens (including phenoxy) is 2. The SMILES string of the molecule is CC1=C[C@@H](O/C=C2\C(=O)O[C@]3(C)CCC4C(C)(C)CCC[C@]4(C)[C@@H]23)CC1=O. The molecule has 2 saturated carbocycles. The first kappa shape index (κ1) is 18.8. The number of hydrogen-bond acceptors (Lipinski definition) is 4. The van der Waals surface area contributed by atoms with Gasteiger partial charge in [0.2, 0.25) is 0 Å². The maximum atomic E-state index is 12.8. The Morgan fingerprint density at radius 2 is 1.89 bits per heavy atom. The Labute approximate surface area is 162 Å². The van der Waals surface area contributed by atoms with Crippen molar-refractivity contribution in [3.05, 3.63) is 23.5 Å². The molecular weight excluding hydrogens is 340 g/mol. The predicted octanol–water partition coefficient (Wildman–Crippen LogP) is 4.73. The zero-order valence-electron chi connectivity index (χ0n) is 17.3. The molecule has 0 bridgehead atoms. The van der Waals surface area contributed by atoms with Crippen LogP contribution in [0.1, 0.15) is 73.1 Å². The molecule has 3 aliphatic carbocycles. The average Bonchev–Trinajstić information content (AvgIpc) is 3.00. The molecule has 4 nitrogen and oxygen atoms in total. The molecule has 1 aliphatic heterocycles. The van der Waals surface area contributed by atoms with Gasteiger partial charge < -0.3 is 9.47 Å². The molecule has 0 spiro atoms. The van der Waals surface area contributed by atoms with E-state index in [9.17, 15) is 9.59 Å². The van der Waals surface area contributed by atoms with Crippen molar-refractivity contribution in [2.75, 3.05) is 0 Å². The lowest BCUT2D eigenvalue weighted by atomic mass is 9.45. The first-order valence-electron chi connectivity index (χ1n) is 10.4. The quantitative estimate of drug-likeness (QED) is 0.399. The minimum Gasteiger partial charge on any atom is -0.493 e. The minimum atomic E-state index is -0.442. The zero-order chi connectivity index (χ0) is 19.6. The highest BCUT2D eigenvalue weighted by Gasteiger charge is 2.65. The Morgan fingerprint density at radius 1 is 1.15 bits per heavy atom. The van der Waals surface area contributed by atoms with E-state index in [1.165, 1.54) is 12.8 Å². The van der Waals surface area contributed by atoms with E-state index in [4.69, 9.17) is 9.47 Å². The van der Waals surface area contributed by atoms with Crippen LogP contribution in [0.3, 0.4) is 0 Å². The molecule has 0 amide bonds. The molecule has 0 radical (unpaired) electrons. The summed E-state index contributed by atoms with van der Waals surface area (Å²) in [5.41, 5.74) is 1.29. The standard InChI is InChI=1S/C23H32O4/c1-14-11-15(12-17(14)24)26-13-16-19-22(4)9-6-8-21(2,3)18(22)7-10-23(19,5)27-20(16)25/h11,13,15,18-19H,6-10,12H2,1-5H3/b16-13-/t15-,18?,19-,22+,23-/m1/s1. The van der Waals surface area contributed by atoms with Crippen LogP contribution in [-0.2, 0) is 19.1 Å². The molecule has 1 saturated heterocycles. The first-order valence-corrected chi connectivity index (χ1v) is 10.4. The number of ketones is 1. The molecule has 1 unspecified atom stereocenters. The summed E-state index contributed by atoms with van der Waals surface area (Å²) in [6.45, 7) is 11.0. The highest BCUT2D eigenvalue weighted by Crippen LogP contribution is 2.66. The van der Waals surface area contributed by atoms with Gasteiger partial charge in [0.15, 0.2) is 5.78 Å². The topological polar surface area (TPSA) is 52.6 Å². The third kappa shape index (κ3) is 2.78. The lowest BCUT2D eigenvalue weighted by molar-refractivity contribution is -0.164. The van der Waals surface area contributed by atoms with Crippen molar-refractivity contribution < 1.29 is 19.1 Å². The predicted molar refractivity (Wildman–Crippen MR) is 103 cm³/mol. The highest BCUT2D eigenvalue weighted by molar-refractivity contribution is 5.97. The van der Waals surface area contributed by atoms with Crippen LogP contribution in [0.4, 0.5) is 0 Å². The van der Waals surface area contributed by atoms with Gasteiger partial charge in [0.05, 0.1) is 18.3 Å². The van der Waals surface area contributed by atoms with Gasteiger partial charge in [-0.1, -0.05) is 27.2 Å². The molecule has 0 N–H and O–H groups in total. The van der Waals surface area contributed by atoms with Crippen LogP contribution in [0.2, 0.25) is 0 Å². The van der Waals surface area contributed by atoms with E-state index >= 15 is 0 Å². The lowest BCUT2D eigenvalue weighted by Gasteiger charge is -2.59. The number of Topliss-reactive ketones (excluding diaryl/α,β-unsaturated/α-hetero) is 1. The van der Waals surface area contributed by atoms with Gasteiger partial charge >= 0.3 is 5.97 Å². The Balaban J connectivity index is 1.67. The fourth-order valence-corrected chi connectivity index (χ4v) is 6.83. The van der Waals surface area contributed by atoms with E-state index in [0.717, 1.165) is 24.8 Å². The van der Waals surface area contributed by atoms with E-state index in [1.54, 1.807) is 6.26 Å². The van der Waals surface area contributed by atoms with Crippen molar-refractivity contribution in [3.63, 3.8) is 0 Å². The molecule has 4 aliphatic rings. The van der Waals surface area contributed by atoms with Gasteiger partial charge in [0, 0.05) is 5.92 Å². The summed E-state index contributed by atoms with van der Waals surface area (Å²) >= 11 is 0. The molecule has 0 aromatic rings. The molecule has 4 rings (SSSR count). The molecule has 0 aromatic heterocycles. The number of rotatable bonds is 2. The van der Waals surface area contributed by atoms with Crippen LogP contribution in [0.15, 0.2) is 23.5 Å². The van der Waals surface area contributed by atoms with E-state index in [-0.39, 0.29) is 34.6 Å². The van der Waals surface area contributed by atoms with Crippen LogP contribution >= 0.6 is 0 Å². The molecule has 4 heteroatoms. The molecule has 5 atom stereocenters. The summed E-state index contributed by atoms with van der Waals surface area (Å²) in [5, 5.41) is 0. The summed E-state index contributed by atoms with van der Waals surface area (Å²) in [5.74, 6) is 0.511. The Hall–Kier alpha value is -1.58. The zero-order valence-corrected chi connectivity index (χ0v) is 17.3. The second-order valence-electron chi connectivity index (χ2n) is 10.3. The van der Waals surface area contributed by atoms with Crippen molar-refractivity contribution in [2.24, 2.45) is 22.7 Å². The van der Waals surface area contributed by atoms with Gasteiger partial charge in [0.1, 0.15) is 11.7 Å². The Morgan fingerprint density at radius 3 is 2.56 bits per heavy atom. The minimum absolute atomic E-state index is 0.0351. The highest BCUT2D eigenvalue weighted by atomic mass is 16.6. The third-order valence-corrected chi connectivity index (χ3v) is 7.98. The number of carbonyl (C=O) groups excluding carboxylic acids is 2. The van der Waals surface area contributed by atoms with Gasteiger partial charge in [0.25, 0.3) is 0 Å². The fraction of sp³-hybridized carbons (Fsp3) is 0.739. The Kier molecular flexibility index (Phi) is 4.14. The normalized spacial score (nSPS) is 44.6. The van der Waals surface area contributed by atoms with Crippen LogP contribution in [0, 0.1) is 22.7 Å². The summed E-state index contributed by atoms with van der Waals surface area (Å²) in [6.07, 6.45) is 9.15. The third-order valence-electron chi connectivity index (χ3n) is 7.98. The first-order chi connectivity index (χ1) is 12.6.